The third-order valence-electron chi connectivity index (χ3n) is 8.36. The number of ether oxygens (including phenoxy) is 2. The first-order chi connectivity index (χ1) is 18.1. The van der Waals surface area contributed by atoms with Gasteiger partial charge < -0.3 is 24.4 Å². The van der Waals surface area contributed by atoms with E-state index in [4.69, 9.17) is 9.47 Å². The molecule has 0 radical (unpaired) electrons. The first-order valence-corrected chi connectivity index (χ1v) is 13.5. The van der Waals surface area contributed by atoms with Crippen LogP contribution < -0.4 is 4.90 Å². The minimum atomic E-state index is -1.17. The van der Waals surface area contributed by atoms with Crippen LogP contribution in [0.1, 0.15) is 44.2 Å². The number of rotatable bonds is 11. The normalized spacial score (nSPS) is 28.4. The maximum absolute atomic E-state index is 14.6. The lowest BCUT2D eigenvalue weighted by Crippen LogP contribution is -2.60. The van der Waals surface area contributed by atoms with Crippen molar-refractivity contribution in [3.8, 4) is 0 Å². The Balaban J connectivity index is 1.81. The highest BCUT2D eigenvalue weighted by atomic mass is 16.6. The Morgan fingerprint density at radius 3 is 2.66 bits per heavy atom. The topological polar surface area (TPSA) is 96.4 Å². The molecule has 3 aliphatic rings. The second kappa shape index (κ2) is 11.0. The molecule has 1 spiro atoms. The second-order valence-corrected chi connectivity index (χ2v) is 11.1. The van der Waals surface area contributed by atoms with Gasteiger partial charge in [0.25, 0.3) is 5.91 Å². The molecule has 2 bridgehead atoms. The number of carbonyl (C=O) groups is 3. The highest BCUT2D eigenvalue weighted by Gasteiger charge is 2.75. The zero-order chi connectivity index (χ0) is 27.8. The molecule has 3 heterocycles. The fourth-order valence-electron chi connectivity index (χ4n) is 6.55. The Bertz CT molecular complexity index is 1120. The van der Waals surface area contributed by atoms with Crippen LogP contribution in [0.15, 0.2) is 43.5 Å². The van der Waals surface area contributed by atoms with Crippen molar-refractivity contribution in [3.63, 3.8) is 0 Å². The number of anilines is 1. The summed E-state index contributed by atoms with van der Waals surface area (Å²) in [6.45, 7) is 15.4. The van der Waals surface area contributed by atoms with E-state index in [1.165, 1.54) is 4.90 Å². The first-order valence-electron chi connectivity index (χ1n) is 13.5. The molecule has 1 N–H and O–H groups in total. The lowest BCUT2D eigenvalue weighted by atomic mass is 9.70. The largest absolute Gasteiger partial charge is 0.465 e. The van der Waals surface area contributed by atoms with Gasteiger partial charge in [-0.25, -0.2) is 0 Å². The van der Waals surface area contributed by atoms with Crippen molar-refractivity contribution in [1.29, 1.82) is 0 Å². The minimum Gasteiger partial charge on any atom is -0.465 e. The van der Waals surface area contributed by atoms with Gasteiger partial charge in [-0.05, 0) is 56.2 Å². The van der Waals surface area contributed by atoms with Gasteiger partial charge in [0, 0.05) is 12.2 Å². The summed E-state index contributed by atoms with van der Waals surface area (Å²) in [4.78, 5) is 45.2. The van der Waals surface area contributed by atoms with Crippen LogP contribution in [0, 0.1) is 31.6 Å². The van der Waals surface area contributed by atoms with Crippen LogP contribution in [-0.2, 0) is 23.9 Å². The highest BCUT2D eigenvalue weighted by Crippen LogP contribution is 2.59. The SMILES string of the molecule is C=CCCOC(=O)[C@@H]1[C@H]2C(=O)N([C@@H](CO)C(C)C)C(C(=O)N(CC=C)c3cc(C)ccc3C)C23CC[C@H]1O3. The standard InChI is InChI=1S/C30H40N2O6/c1-7-9-15-37-29(36)24-23-12-13-30(38-23)25(24)27(34)32(22(17-33)18(3)4)26(30)28(35)31(14-8-2)21-16-19(5)10-11-20(21)6/h7-8,10-11,16,18,22-26,33H,1-2,9,12-15,17H2,3-6H3/t22-,23+,24-,25-,26?,30?/m0/s1. The van der Waals surface area contributed by atoms with Crippen molar-refractivity contribution in [2.45, 2.75) is 70.7 Å². The predicted octanol–water partition coefficient (Wildman–Crippen LogP) is 3.33. The van der Waals surface area contributed by atoms with Crippen LogP contribution >= 0.6 is 0 Å². The molecule has 0 aromatic heterocycles. The fraction of sp³-hybridized carbons (Fsp3) is 0.567. The van der Waals surface area contributed by atoms with Crippen molar-refractivity contribution >= 4 is 23.5 Å². The van der Waals surface area contributed by atoms with Crippen LogP contribution in [0.25, 0.3) is 0 Å². The molecule has 8 nitrogen and oxygen atoms in total. The van der Waals surface area contributed by atoms with Gasteiger partial charge in [0.15, 0.2) is 0 Å². The summed E-state index contributed by atoms with van der Waals surface area (Å²) >= 11 is 0. The molecule has 8 heteroatoms. The van der Waals surface area contributed by atoms with Gasteiger partial charge in [-0.2, -0.15) is 0 Å². The van der Waals surface area contributed by atoms with E-state index in [1.807, 2.05) is 45.9 Å². The molecule has 2 amide bonds. The number of aliphatic hydroxyl groups excluding tert-OH is 1. The quantitative estimate of drug-likeness (QED) is 0.271. The molecule has 2 unspecified atom stereocenters. The Hall–Kier alpha value is -2.97. The number of benzene rings is 1. The van der Waals surface area contributed by atoms with E-state index >= 15 is 0 Å². The number of hydrogen-bond donors (Lipinski definition) is 1. The molecule has 3 fully saturated rings. The molecule has 6 atom stereocenters. The number of aliphatic hydroxyl groups is 1. The molecule has 1 aromatic rings. The van der Waals surface area contributed by atoms with E-state index in [-0.39, 0.29) is 37.5 Å². The van der Waals surface area contributed by atoms with Crippen molar-refractivity contribution in [3.05, 3.63) is 54.6 Å². The molecule has 3 aliphatic heterocycles. The highest BCUT2D eigenvalue weighted by molar-refractivity contribution is 6.05. The molecule has 0 aliphatic carbocycles. The maximum atomic E-state index is 14.6. The number of fused-ring (bicyclic) bond motifs is 1. The summed E-state index contributed by atoms with van der Waals surface area (Å²) < 4.78 is 12.0. The summed E-state index contributed by atoms with van der Waals surface area (Å²) in [6.07, 6.45) is 4.38. The van der Waals surface area contributed by atoms with E-state index in [0.29, 0.717) is 19.3 Å². The average Bonchev–Trinajstić information content (AvgIpc) is 3.52. The predicted molar refractivity (Wildman–Crippen MR) is 144 cm³/mol. The van der Waals surface area contributed by atoms with Crippen LogP contribution in [0.3, 0.4) is 0 Å². The number of esters is 1. The number of aryl methyl sites for hydroxylation is 2. The first kappa shape index (κ1) is 28.0. The van der Waals surface area contributed by atoms with Gasteiger partial charge in [0.05, 0.1) is 37.2 Å². The Morgan fingerprint density at radius 1 is 1.29 bits per heavy atom. The fourth-order valence-corrected chi connectivity index (χ4v) is 6.55. The van der Waals surface area contributed by atoms with Crippen molar-refractivity contribution < 1.29 is 29.0 Å². The smallest absolute Gasteiger partial charge is 0.312 e. The Labute approximate surface area is 225 Å². The minimum absolute atomic E-state index is 0.127. The molecule has 0 saturated carbocycles. The van der Waals surface area contributed by atoms with Gasteiger partial charge in [0.1, 0.15) is 11.6 Å². The number of carbonyl (C=O) groups excluding carboxylic acids is 3. The van der Waals surface area contributed by atoms with Crippen molar-refractivity contribution in [2.24, 2.45) is 17.8 Å². The lowest BCUT2D eigenvalue weighted by Gasteiger charge is -2.40. The molecule has 38 heavy (non-hydrogen) atoms. The molecule has 1 aromatic carbocycles. The molecule has 206 valence electrons. The van der Waals surface area contributed by atoms with E-state index in [9.17, 15) is 19.5 Å². The van der Waals surface area contributed by atoms with Crippen LogP contribution in [0.4, 0.5) is 5.69 Å². The Kier molecular flexibility index (Phi) is 8.14. The van der Waals surface area contributed by atoms with Gasteiger partial charge in [-0.3, -0.25) is 14.4 Å². The third-order valence-corrected chi connectivity index (χ3v) is 8.36. The molecular weight excluding hydrogens is 484 g/mol. The summed E-state index contributed by atoms with van der Waals surface area (Å²) in [5, 5.41) is 10.4. The molecular formula is C30H40N2O6. The lowest BCUT2D eigenvalue weighted by molar-refractivity contribution is -0.156. The van der Waals surface area contributed by atoms with Crippen LogP contribution in [0.2, 0.25) is 0 Å². The number of hydrogen-bond acceptors (Lipinski definition) is 6. The van der Waals surface area contributed by atoms with Crippen LogP contribution in [-0.4, -0.2) is 71.3 Å². The average molecular weight is 525 g/mol. The number of amides is 2. The van der Waals surface area contributed by atoms with Crippen molar-refractivity contribution in [2.75, 3.05) is 24.7 Å². The monoisotopic (exact) mass is 524 g/mol. The van der Waals surface area contributed by atoms with Gasteiger partial charge in [0.2, 0.25) is 5.91 Å². The van der Waals surface area contributed by atoms with E-state index in [1.54, 1.807) is 17.1 Å². The summed E-state index contributed by atoms with van der Waals surface area (Å²) in [5.74, 6) is -2.87. The Morgan fingerprint density at radius 2 is 2.03 bits per heavy atom. The van der Waals surface area contributed by atoms with Crippen molar-refractivity contribution in [1.82, 2.24) is 4.90 Å². The third kappa shape index (κ3) is 4.47. The van der Waals surface area contributed by atoms with E-state index in [0.717, 1.165) is 16.8 Å². The molecule has 3 saturated heterocycles. The summed E-state index contributed by atoms with van der Waals surface area (Å²) in [6, 6.07) is 4.30. The zero-order valence-electron chi connectivity index (χ0n) is 22.9. The van der Waals surface area contributed by atoms with E-state index < -0.39 is 41.6 Å². The van der Waals surface area contributed by atoms with E-state index in [2.05, 4.69) is 13.2 Å². The number of likely N-dealkylation sites (tertiary alicyclic amines) is 1. The maximum Gasteiger partial charge on any atom is 0.312 e. The van der Waals surface area contributed by atoms with Gasteiger partial charge in [-0.1, -0.05) is 38.1 Å². The zero-order valence-corrected chi connectivity index (χ0v) is 22.9. The summed E-state index contributed by atoms with van der Waals surface area (Å²) in [5.41, 5.74) is 1.48. The van der Waals surface area contributed by atoms with Gasteiger partial charge >= 0.3 is 5.97 Å². The van der Waals surface area contributed by atoms with Crippen LogP contribution in [0.5, 0.6) is 0 Å². The van der Waals surface area contributed by atoms with Gasteiger partial charge in [-0.15, -0.1) is 13.2 Å². The second-order valence-electron chi connectivity index (χ2n) is 11.1. The number of nitrogens with zero attached hydrogens (tertiary/aromatic N) is 2. The molecule has 4 rings (SSSR count). The summed E-state index contributed by atoms with van der Waals surface area (Å²) in [7, 11) is 0.